The minimum atomic E-state index is -0.726. The zero-order valence-electron chi connectivity index (χ0n) is 17.8. The molecular weight excluding hydrogens is 410 g/mol. The molecule has 1 aromatic carbocycles. The van der Waals surface area contributed by atoms with Crippen LogP contribution in [-0.2, 0) is 11.3 Å². The Bertz CT molecular complexity index is 1210. The monoisotopic (exact) mass is 433 g/mol. The molecule has 1 N–H and O–H groups in total. The van der Waals surface area contributed by atoms with E-state index in [1.165, 1.54) is 11.3 Å². The number of aromatic nitrogens is 2. The van der Waals surface area contributed by atoms with Gasteiger partial charge in [0.1, 0.15) is 0 Å². The molecular formula is C24H23N3O3S. The molecule has 2 aromatic heterocycles. The minimum absolute atomic E-state index is 0.0788. The smallest absolute Gasteiger partial charge is 0.290 e. The lowest BCUT2D eigenvalue weighted by molar-refractivity contribution is -0.130. The second-order valence-corrected chi connectivity index (χ2v) is 8.99. The fraction of sp³-hybridized carbons (Fsp3) is 0.250. The Morgan fingerprint density at radius 2 is 1.97 bits per heavy atom. The summed E-state index contributed by atoms with van der Waals surface area (Å²) < 4.78 is 0. The van der Waals surface area contributed by atoms with Crippen LogP contribution >= 0.6 is 11.3 Å². The summed E-state index contributed by atoms with van der Waals surface area (Å²) in [5.74, 6) is -1.43. The molecule has 0 spiro atoms. The largest absolute Gasteiger partial charge is 0.503 e. The zero-order chi connectivity index (χ0) is 22.3. The third-order valence-corrected chi connectivity index (χ3v) is 6.58. The van der Waals surface area contributed by atoms with Crippen molar-refractivity contribution in [2.24, 2.45) is 0 Å². The second kappa shape index (κ2) is 8.07. The molecule has 31 heavy (non-hydrogen) atoms. The van der Waals surface area contributed by atoms with Crippen LogP contribution in [-0.4, -0.2) is 31.7 Å². The van der Waals surface area contributed by atoms with Gasteiger partial charge in [-0.1, -0.05) is 29.8 Å². The van der Waals surface area contributed by atoms with Gasteiger partial charge >= 0.3 is 0 Å². The molecule has 1 aliphatic rings. The van der Waals surface area contributed by atoms with Crippen LogP contribution in [0.25, 0.3) is 0 Å². The summed E-state index contributed by atoms with van der Waals surface area (Å²) in [6, 6.07) is 8.90. The highest BCUT2D eigenvalue weighted by atomic mass is 32.1. The van der Waals surface area contributed by atoms with Crippen molar-refractivity contribution in [3.05, 3.63) is 91.9 Å². The molecule has 1 amide bonds. The lowest BCUT2D eigenvalue weighted by Gasteiger charge is -2.27. The van der Waals surface area contributed by atoms with E-state index in [2.05, 4.69) is 9.97 Å². The lowest BCUT2D eigenvalue weighted by atomic mass is 9.95. The number of amides is 1. The first-order valence-electron chi connectivity index (χ1n) is 9.96. The topological polar surface area (TPSA) is 83.4 Å². The van der Waals surface area contributed by atoms with Gasteiger partial charge in [-0.2, -0.15) is 0 Å². The van der Waals surface area contributed by atoms with Crippen LogP contribution in [0, 0.1) is 27.7 Å². The molecule has 6 nitrogen and oxygen atoms in total. The Kier molecular flexibility index (Phi) is 5.45. The fourth-order valence-corrected chi connectivity index (χ4v) is 4.83. The number of Topliss-reactive ketones (excluding diaryl/α,β-unsaturated/α-hetero) is 1. The molecule has 4 rings (SSSR count). The molecule has 1 atom stereocenters. The average molecular weight is 434 g/mol. The molecule has 0 saturated heterocycles. The zero-order valence-corrected chi connectivity index (χ0v) is 18.7. The van der Waals surface area contributed by atoms with Crippen molar-refractivity contribution in [3.63, 3.8) is 0 Å². The quantitative estimate of drug-likeness (QED) is 0.597. The summed E-state index contributed by atoms with van der Waals surface area (Å²) in [7, 11) is 0. The first-order chi connectivity index (χ1) is 14.8. The number of aliphatic hydroxyl groups is 1. The summed E-state index contributed by atoms with van der Waals surface area (Å²) in [6.45, 7) is 7.84. The third-order valence-electron chi connectivity index (χ3n) is 5.50. The number of hydrogen-bond donors (Lipinski definition) is 1. The van der Waals surface area contributed by atoms with Crippen molar-refractivity contribution in [2.75, 3.05) is 0 Å². The van der Waals surface area contributed by atoms with Gasteiger partial charge in [-0.3, -0.25) is 14.6 Å². The predicted molar refractivity (Wildman–Crippen MR) is 119 cm³/mol. The highest BCUT2D eigenvalue weighted by Crippen LogP contribution is 2.41. The maximum Gasteiger partial charge on any atom is 0.290 e. The van der Waals surface area contributed by atoms with Crippen molar-refractivity contribution < 1.29 is 14.7 Å². The maximum absolute atomic E-state index is 13.5. The van der Waals surface area contributed by atoms with Gasteiger partial charge in [0.25, 0.3) is 5.91 Å². The van der Waals surface area contributed by atoms with Crippen molar-refractivity contribution in [1.29, 1.82) is 0 Å². The van der Waals surface area contributed by atoms with Gasteiger partial charge in [-0.05, 0) is 50.5 Å². The van der Waals surface area contributed by atoms with E-state index in [0.717, 1.165) is 21.7 Å². The molecule has 0 fully saturated rings. The number of rotatable bonds is 5. The van der Waals surface area contributed by atoms with Gasteiger partial charge in [-0.15, -0.1) is 11.3 Å². The first kappa shape index (κ1) is 20.9. The molecule has 3 aromatic rings. The van der Waals surface area contributed by atoms with Gasteiger partial charge in [0.15, 0.2) is 5.76 Å². The standard InChI is InChI=1S/C24H23N3O3S/c1-13-7-8-14(2)18(10-13)12-27-20(17-6-5-9-25-11-17)19(22(29)24(27)30)21(28)23-15(3)26-16(4)31-23/h5-11,20,29H,12H2,1-4H3. The number of pyridine rings is 1. The van der Waals surface area contributed by atoms with Crippen LogP contribution in [0.3, 0.4) is 0 Å². The van der Waals surface area contributed by atoms with Crippen molar-refractivity contribution >= 4 is 23.0 Å². The van der Waals surface area contributed by atoms with E-state index >= 15 is 0 Å². The number of carbonyl (C=O) groups is 2. The summed E-state index contributed by atoms with van der Waals surface area (Å²) in [6.07, 6.45) is 3.27. The van der Waals surface area contributed by atoms with E-state index in [1.807, 2.05) is 45.0 Å². The third kappa shape index (κ3) is 3.77. The summed E-state index contributed by atoms with van der Waals surface area (Å²) >= 11 is 1.27. The van der Waals surface area contributed by atoms with Crippen LogP contribution in [0.15, 0.2) is 54.1 Å². The normalized spacial score (nSPS) is 16.3. The van der Waals surface area contributed by atoms with Gasteiger partial charge in [0.05, 0.1) is 27.2 Å². The highest BCUT2D eigenvalue weighted by Gasteiger charge is 2.44. The summed E-state index contributed by atoms with van der Waals surface area (Å²) in [5.41, 5.74) is 4.43. The Labute approximate surface area is 184 Å². The molecule has 0 saturated carbocycles. The van der Waals surface area contributed by atoms with E-state index in [-0.39, 0.29) is 17.9 Å². The van der Waals surface area contributed by atoms with Crippen molar-refractivity contribution in [2.45, 2.75) is 40.3 Å². The molecule has 0 bridgehead atoms. The number of thiazole rings is 1. The lowest BCUT2D eigenvalue weighted by Crippen LogP contribution is -2.31. The van der Waals surface area contributed by atoms with Gasteiger partial charge in [-0.25, -0.2) is 4.98 Å². The van der Waals surface area contributed by atoms with Crippen LogP contribution in [0.2, 0.25) is 0 Å². The van der Waals surface area contributed by atoms with Crippen molar-refractivity contribution in [3.8, 4) is 0 Å². The Morgan fingerprint density at radius 1 is 1.19 bits per heavy atom. The number of aliphatic hydroxyl groups excluding tert-OH is 1. The molecule has 0 radical (unpaired) electrons. The van der Waals surface area contributed by atoms with Crippen LogP contribution < -0.4 is 0 Å². The number of carbonyl (C=O) groups excluding carboxylic acids is 2. The van der Waals surface area contributed by atoms with E-state index in [1.54, 1.807) is 30.3 Å². The van der Waals surface area contributed by atoms with E-state index in [4.69, 9.17) is 0 Å². The molecule has 7 heteroatoms. The SMILES string of the molecule is Cc1ccc(C)c(CN2C(=O)C(O)=C(C(=O)c3sc(C)nc3C)C2c2cccnc2)c1. The molecule has 1 unspecified atom stereocenters. The molecule has 3 heterocycles. The van der Waals surface area contributed by atoms with E-state index in [0.29, 0.717) is 16.1 Å². The van der Waals surface area contributed by atoms with Gasteiger partial charge < -0.3 is 10.0 Å². The number of benzene rings is 1. The molecule has 158 valence electrons. The number of aryl methyl sites for hydroxylation is 4. The number of ketones is 1. The van der Waals surface area contributed by atoms with Gasteiger partial charge in [0, 0.05) is 18.9 Å². The molecule has 0 aliphatic carbocycles. The maximum atomic E-state index is 13.5. The fourth-order valence-electron chi connectivity index (χ4n) is 3.95. The Morgan fingerprint density at radius 3 is 2.61 bits per heavy atom. The average Bonchev–Trinajstić information content (AvgIpc) is 3.21. The Hall–Kier alpha value is -3.32. The Balaban J connectivity index is 1.82. The highest BCUT2D eigenvalue weighted by molar-refractivity contribution is 7.14. The predicted octanol–water partition coefficient (Wildman–Crippen LogP) is 4.55. The summed E-state index contributed by atoms with van der Waals surface area (Å²) in [4.78, 5) is 37.2. The number of hydrogen-bond acceptors (Lipinski definition) is 6. The van der Waals surface area contributed by atoms with E-state index in [9.17, 15) is 14.7 Å². The molecule has 1 aliphatic heterocycles. The minimum Gasteiger partial charge on any atom is -0.503 e. The first-order valence-corrected chi connectivity index (χ1v) is 10.8. The van der Waals surface area contributed by atoms with E-state index < -0.39 is 17.7 Å². The van der Waals surface area contributed by atoms with Crippen LogP contribution in [0.5, 0.6) is 0 Å². The summed E-state index contributed by atoms with van der Waals surface area (Å²) in [5, 5.41) is 11.6. The van der Waals surface area contributed by atoms with Gasteiger partial charge in [0.2, 0.25) is 5.78 Å². The second-order valence-electron chi connectivity index (χ2n) is 7.79. The van der Waals surface area contributed by atoms with Crippen molar-refractivity contribution in [1.82, 2.24) is 14.9 Å². The number of nitrogens with zero attached hydrogens (tertiary/aromatic N) is 3. The van der Waals surface area contributed by atoms with Crippen LogP contribution in [0.1, 0.15) is 48.7 Å². The van der Waals surface area contributed by atoms with Crippen LogP contribution in [0.4, 0.5) is 0 Å².